The van der Waals surface area contributed by atoms with Crippen molar-refractivity contribution in [3.05, 3.63) is 65.2 Å². The number of benzene rings is 2. The van der Waals surface area contributed by atoms with Crippen LogP contribution < -0.4 is 0 Å². The summed E-state index contributed by atoms with van der Waals surface area (Å²) in [6.45, 7) is -7.15. The second-order valence-electron chi connectivity index (χ2n) is 6.16. The second kappa shape index (κ2) is 7.59. The van der Waals surface area contributed by atoms with Gasteiger partial charge in [0.15, 0.2) is 9.84 Å². The first-order valence-electron chi connectivity index (χ1n) is 11.6. The maximum absolute atomic E-state index is 13.4. The number of rotatable bonds is 6. The molecule has 0 radical (unpaired) electrons. The van der Waals surface area contributed by atoms with Gasteiger partial charge in [-0.15, -0.1) is 0 Å². The smallest absolute Gasteiger partial charge is 0.335 e. The molecule has 0 unspecified atom stereocenters. The molecular weight excluding hydrogens is 378 g/mol. The quantitative estimate of drug-likeness (QED) is 0.796. The van der Waals surface area contributed by atoms with E-state index in [2.05, 4.69) is 0 Å². The predicted octanol–water partition coefficient (Wildman–Crippen LogP) is 2.95. The number of hydrogen-bond acceptors (Lipinski definition) is 4. The van der Waals surface area contributed by atoms with E-state index in [4.69, 9.17) is 14.7 Å². The number of nitrogens with zero attached hydrogens (tertiary/aromatic N) is 1. The molecule has 146 valence electrons. The molecule has 1 amide bonds. The predicted molar refractivity (Wildman–Crippen MR) is 107 cm³/mol. The molecule has 6 nitrogen and oxygen atoms in total. The van der Waals surface area contributed by atoms with Gasteiger partial charge in [0.05, 0.1) is 16.0 Å². The molecule has 0 aliphatic carbocycles. The van der Waals surface area contributed by atoms with Crippen molar-refractivity contribution in [2.24, 2.45) is 0 Å². The minimum absolute atomic E-state index is 0.00413. The number of carboxylic acids is 1. The molecular formula is C21H21NO5S. The van der Waals surface area contributed by atoms with Gasteiger partial charge in [-0.05, 0) is 47.3 Å². The van der Waals surface area contributed by atoms with Crippen LogP contribution in [0.25, 0.3) is 11.1 Å². The summed E-state index contributed by atoms with van der Waals surface area (Å²) >= 11 is 0. The molecule has 1 heterocycles. The number of carboxylic acid groups (broad SMARTS) is 1. The average Bonchev–Trinajstić information content (AvgIpc) is 3.10. The molecule has 1 aliphatic heterocycles. The van der Waals surface area contributed by atoms with E-state index < -0.39 is 48.0 Å². The average molecular weight is 407 g/mol. The fourth-order valence-electron chi connectivity index (χ4n) is 2.95. The summed E-state index contributed by atoms with van der Waals surface area (Å²) in [6, 6.07) is 10.5. The van der Waals surface area contributed by atoms with Crippen molar-refractivity contribution >= 4 is 32.9 Å². The number of carbonyl (C=O) groups excluding carboxylic acids is 1. The van der Waals surface area contributed by atoms with Gasteiger partial charge in [-0.1, -0.05) is 31.1 Å². The van der Waals surface area contributed by atoms with Crippen molar-refractivity contribution < 1.29 is 32.7 Å². The van der Waals surface area contributed by atoms with Crippen LogP contribution >= 0.6 is 0 Å². The zero-order valence-electron chi connectivity index (χ0n) is 21.8. The number of sulfone groups is 1. The van der Waals surface area contributed by atoms with Gasteiger partial charge in [0.25, 0.3) is 5.91 Å². The SMILES string of the molecule is [2H]C([2H])([2H])C([2H])([2H])C([2H])([2H])N1CC(c2ccc(S(C)(=O)=O)cc2)=C(c2ccc(C(=O)O)cc2)C1=O. The van der Waals surface area contributed by atoms with E-state index in [1.807, 2.05) is 0 Å². The molecule has 0 saturated carbocycles. The van der Waals surface area contributed by atoms with Gasteiger partial charge in [0.1, 0.15) is 0 Å². The lowest BCUT2D eigenvalue weighted by Crippen LogP contribution is -2.27. The van der Waals surface area contributed by atoms with E-state index in [-0.39, 0.29) is 27.2 Å². The zero-order valence-corrected chi connectivity index (χ0v) is 15.6. The van der Waals surface area contributed by atoms with Gasteiger partial charge in [-0.25, -0.2) is 13.2 Å². The standard InChI is InChI=1S/C21H21NO5S/c1-3-12-22-13-18(14-8-10-17(11-9-14)28(2,26)27)19(20(22)23)15-4-6-16(7-5-15)21(24)25/h4-11H,3,12-13H2,1-2H3,(H,24,25)/i1D3,3D2,12D2. The lowest BCUT2D eigenvalue weighted by molar-refractivity contribution is -0.123. The first-order valence-corrected chi connectivity index (χ1v) is 9.98. The highest BCUT2D eigenvalue weighted by atomic mass is 32.2. The summed E-state index contributed by atoms with van der Waals surface area (Å²) in [5, 5.41) is 9.15. The first-order chi connectivity index (χ1) is 15.9. The lowest BCUT2D eigenvalue weighted by atomic mass is 9.96. The van der Waals surface area contributed by atoms with Crippen LogP contribution in [0.3, 0.4) is 0 Å². The monoisotopic (exact) mass is 406 g/mol. The van der Waals surface area contributed by atoms with Crippen LogP contribution in [0.15, 0.2) is 53.4 Å². The van der Waals surface area contributed by atoms with Crippen molar-refractivity contribution in [3.8, 4) is 0 Å². The Morgan fingerprint density at radius 3 is 2.29 bits per heavy atom. The minimum Gasteiger partial charge on any atom is -0.478 e. The van der Waals surface area contributed by atoms with Gasteiger partial charge in [-0.2, -0.15) is 0 Å². The largest absolute Gasteiger partial charge is 0.478 e. The van der Waals surface area contributed by atoms with E-state index in [9.17, 15) is 18.0 Å². The molecule has 28 heavy (non-hydrogen) atoms. The molecule has 0 spiro atoms. The molecule has 0 bridgehead atoms. The molecule has 0 fully saturated rings. The van der Waals surface area contributed by atoms with Crippen LogP contribution in [0.5, 0.6) is 0 Å². The summed E-state index contributed by atoms with van der Waals surface area (Å²) < 4.78 is 78.4. The zero-order chi connectivity index (χ0) is 26.6. The third-order valence-electron chi connectivity index (χ3n) is 4.32. The fraction of sp³-hybridized carbons (Fsp3) is 0.238. The number of aromatic carboxylic acids is 1. The number of hydrogen-bond donors (Lipinski definition) is 1. The third kappa shape index (κ3) is 3.84. The van der Waals surface area contributed by atoms with Gasteiger partial charge in [-0.3, -0.25) is 4.79 Å². The van der Waals surface area contributed by atoms with E-state index in [1.165, 1.54) is 48.5 Å². The summed E-state index contributed by atoms with van der Waals surface area (Å²) in [5.41, 5.74) is 0.582. The summed E-state index contributed by atoms with van der Waals surface area (Å²) in [5.74, 6) is -2.20. The van der Waals surface area contributed by atoms with Gasteiger partial charge >= 0.3 is 5.97 Å². The van der Waals surface area contributed by atoms with Gasteiger partial charge in [0.2, 0.25) is 0 Å². The van der Waals surface area contributed by atoms with Crippen molar-refractivity contribution in [2.75, 3.05) is 19.3 Å². The molecule has 2 aromatic rings. The van der Waals surface area contributed by atoms with Crippen LogP contribution in [0.4, 0.5) is 0 Å². The third-order valence-corrected chi connectivity index (χ3v) is 5.45. The Morgan fingerprint density at radius 2 is 1.75 bits per heavy atom. The Bertz CT molecular complexity index is 1320. The number of carbonyl (C=O) groups is 2. The molecule has 7 heteroatoms. The maximum atomic E-state index is 13.4. The first kappa shape index (κ1) is 12.5. The highest BCUT2D eigenvalue weighted by Crippen LogP contribution is 2.35. The fourth-order valence-corrected chi connectivity index (χ4v) is 3.58. The molecule has 1 N–H and O–H groups in total. The number of amides is 1. The molecule has 0 saturated heterocycles. The Kier molecular flexibility index (Phi) is 3.39. The Balaban J connectivity index is 2.18. The molecule has 1 aliphatic rings. The Hall–Kier alpha value is -2.93. The van der Waals surface area contributed by atoms with E-state index in [0.717, 1.165) is 6.26 Å². The van der Waals surface area contributed by atoms with Crippen LogP contribution in [0.2, 0.25) is 0 Å². The normalized spacial score (nSPS) is 19.8. The van der Waals surface area contributed by atoms with Crippen molar-refractivity contribution in [2.45, 2.75) is 18.1 Å². The molecule has 0 aromatic heterocycles. The second-order valence-corrected chi connectivity index (χ2v) is 8.18. The van der Waals surface area contributed by atoms with Crippen LogP contribution in [-0.4, -0.2) is 49.6 Å². The van der Waals surface area contributed by atoms with E-state index in [1.54, 1.807) is 0 Å². The van der Waals surface area contributed by atoms with Crippen LogP contribution in [0.1, 0.15) is 44.3 Å². The summed E-state index contributed by atoms with van der Waals surface area (Å²) in [7, 11) is -3.52. The topological polar surface area (TPSA) is 91.8 Å². The Labute approximate surface area is 173 Å². The van der Waals surface area contributed by atoms with Gasteiger partial charge in [0, 0.05) is 28.9 Å². The Morgan fingerprint density at radius 1 is 1.14 bits per heavy atom. The maximum Gasteiger partial charge on any atom is 0.335 e. The highest BCUT2D eigenvalue weighted by Gasteiger charge is 2.31. The minimum atomic E-state index is -3.52. The van der Waals surface area contributed by atoms with E-state index in [0.29, 0.717) is 10.5 Å². The summed E-state index contributed by atoms with van der Waals surface area (Å²) in [6.07, 6.45) is -2.41. The summed E-state index contributed by atoms with van der Waals surface area (Å²) in [4.78, 5) is 25.1. The van der Waals surface area contributed by atoms with Crippen molar-refractivity contribution in [1.82, 2.24) is 4.90 Å². The van der Waals surface area contributed by atoms with E-state index >= 15 is 0 Å². The lowest BCUT2D eigenvalue weighted by Gasteiger charge is -2.15. The van der Waals surface area contributed by atoms with Crippen molar-refractivity contribution in [1.29, 1.82) is 0 Å². The molecule has 2 aromatic carbocycles. The van der Waals surface area contributed by atoms with Crippen LogP contribution in [-0.2, 0) is 14.6 Å². The highest BCUT2D eigenvalue weighted by molar-refractivity contribution is 7.90. The van der Waals surface area contributed by atoms with Crippen LogP contribution in [0, 0.1) is 0 Å². The molecule has 3 rings (SSSR count). The molecule has 0 atom stereocenters. The van der Waals surface area contributed by atoms with Gasteiger partial charge < -0.3 is 10.0 Å². The van der Waals surface area contributed by atoms with Crippen molar-refractivity contribution in [3.63, 3.8) is 0 Å².